The predicted octanol–water partition coefficient (Wildman–Crippen LogP) is 1.17. The van der Waals surface area contributed by atoms with Gasteiger partial charge in [-0.25, -0.2) is 4.79 Å². The van der Waals surface area contributed by atoms with E-state index in [0.29, 0.717) is 48.8 Å². The third-order valence-corrected chi connectivity index (χ3v) is 4.95. The van der Waals surface area contributed by atoms with Crippen molar-refractivity contribution < 1.29 is 23.9 Å². The Morgan fingerprint density at radius 3 is 2.48 bits per heavy atom. The number of amides is 1. The van der Waals surface area contributed by atoms with Crippen molar-refractivity contribution in [1.82, 2.24) is 14.8 Å². The number of esters is 1. The molecule has 1 fully saturated rings. The molecule has 0 aliphatic carbocycles. The fourth-order valence-corrected chi connectivity index (χ4v) is 3.18. The molecule has 0 bridgehead atoms. The van der Waals surface area contributed by atoms with E-state index in [1.165, 1.54) is 0 Å². The van der Waals surface area contributed by atoms with Crippen LogP contribution in [0.2, 0.25) is 0 Å². The molecule has 0 spiro atoms. The summed E-state index contributed by atoms with van der Waals surface area (Å²) in [5, 5.41) is 0. The van der Waals surface area contributed by atoms with Gasteiger partial charge in [0.1, 0.15) is 0 Å². The van der Waals surface area contributed by atoms with Crippen LogP contribution in [0.4, 0.5) is 0 Å². The summed E-state index contributed by atoms with van der Waals surface area (Å²) in [6, 6.07) is -0.512. The molecule has 1 aliphatic heterocycles. The number of hydrogen-bond acceptors (Lipinski definition) is 6. The second-order valence-electron chi connectivity index (χ2n) is 6.79. The molecular weight excluding hydrogens is 350 g/mol. The minimum Gasteiger partial charge on any atom is -0.462 e. The second-order valence-corrected chi connectivity index (χ2v) is 6.79. The zero-order chi connectivity index (χ0) is 20.1. The lowest BCUT2D eigenvalue weighted by Gasteiger charge is -2.30. The Labute approximate surface area is 159 Å². The summed E-state index contributed by atoms with van der Waals surface area (Å²) in [6.07, 6.45) is 0. The van der Waals surface area contributed by atoms with E-state index in [1.54, 1.807) is 44.5 Å². The molecule has 1 aromatic rings. The molecule has 27 heavy (non-hydrogen) atoms. The number of carbonyl (C=O) groups is 3. The number of nitrogens with zero attached hydrogens (tertiary/aromatic N) is 2. The zero-order valence-electron chi connectivity index (χ0n) is 16.8. The fourth-order valence-electron chi connectivity index (χ4n) is 3.18. The monoisotopic (exact) mass is 379 g/mol. The van der Waals surface area contributed by atoms with Gasteiger partial charge in [-0.15, -0.1) is 0 Å². The standard InChI is InChI=1S/C19H29N3O5/c1-6-27-19(25)16-12(2)17(20-13(16)3)18(24)14(4)21(5)11-15(23)22-7-9-26-10-8-22/h14,20H,6-11H2,1-5H3/t14-/m0/s1. The quantitative estimate of drug-likeness (QED) is 0.565. The highest BCUT2D eigenvalue weighted by molar-refractivity contribution is 6.04. The Bertz CT molecular complexity index is 706. The van der Waals surface area contributed by atoms with Crippen LogP contribution >= 0.6 is 0 Å². The van der Waals surface area contributed by atoms with Gasteiger partial charge in [0, 0.05) is 18.8 Å². The van der Waals surface area contributed by atoms with Crippen LogP contribution in [0.1, 0.15) is 46.0 Å². The largest absolute Gasteiger partial charge is 0.462 e. The number of carbonyl (C=O) groups excluding carboxylic acids is 3. The highest BCUT2D eigenvalue weighted by Crippen LogP contribution is 2.21. The maximum Gasteiger partial charge on any atom is 0.340 e. The first-order valence-corrected chi connectivity index (χ1v) is 9.24. The average Bonchev–Trinajstić information content (AvgIpc) is 2.95. The number of ketones is 1. The Morgan fingerprint density at radius 2 is 1.89 bits per heavy atom. The van der Waals surface area contributed by atoms with Gasteiger partial charge in [0.25, 0.3) is 0 Å². The molecule has 0 saturated carbocycles. The van der Waals surface area contributed by atoms with Gasteiger partial charge in [0.15, 0.2) is 5.78 Å². The Morgan fingerprint density at radius 1 is 1.26 bits per heavy atom. The van der Waals surface area contributed by atoms with Crippen LogP contribution in [0, 0.1) is 13.8 Å². The summed E-state index contributed by atoms with van der Waals surface area (Å²) < 4.78 is 10.3. The lowest BCUT2D eigenvalue weighted by Crippen LogP contribution is -2.48. The van der Waals surface area contributed by atoms with Gasteiger partial charge in [-0.1, -0.05) is 0 Å². The zero-order valence-corrected chi connectivity index (χ0v) is 16.8. The minimum absolute atomic E-state index is 0.0212. The number of ether oxygens (including phenoxy) is 2. The second kappa shape index (κ2) is 9.14. The fraction of sp³-hybridized carbons (Fsp3) is 0.632. The number of likely N-dealkylation sites (N-methyl/N-ethyl adjacent to an activating group) is 1. The van der Waals surface area contributed by atoms with E-state index < -0.39 is 12.0 Å². The summed E-state index contributed by atoms with van der Waals surface area (Å²) in [5.74, 6) is -0.623. The number of aromatic nitrogens is 1. The summed E-state index contributed by atoms with van der Waals surface area (Å²) in [5.41, 5.74) is 1.97. The summed E-state index contributed by atoms with van der Waals surface area (Å²) in [4.78, 5) is 44.0. The number of rotatable bonds is 7. The van der Waals surface area contributed by atoms with Gasteiger partial charge in [-0.2, -0.15) is 0 Å². The summed E-state index contributed by atoms with van der Waals surface area (Å²) in [7, 11) is 1.75. The van der Waals surface area contributed by atoms with Crippen LogP contribution in [0.15, 0.2) is 0 Å². The molecule has 8 nitrogen and oxygen atoms in total. The SMILES string of the molecule is CCOC(=O)c1c(C)[nH]c(C(=O)[C@H](C)N(C)CC(=O)N2CCOCC2)c1C. The van der Waals surface area contributed by atoms with Crippen molar-refractivity contribution in [2.45, 2.75) is 33.7 Å². The summed E-state index contributed by atoms with van der Waals surface area (Å²) >= 11 is 0. The molecule has 1 aliphatic rings. The molecule has 1 aromatic heterocycles. The van der Waals surface area contributed by atoms with Crippen LogP contribution in [0.5, 0.6) is 0 Å². The third-order valence-electron chi connectivity index (χ3n) is 4.95. The average molecular weight is 379 g/mol. The van der Waals surface area contributed by atoms with Crippen molar-refractivity contribution in [3.8, 4) is 0 Å². The van der Waals surface area contributed by atoms with Gasteiger partial charge < -0.3 is 19.4 Å². The van der Waals surface area contributed by atoms with E-state index in [-0.39, 0.29) is 24.8 Å². The van der Waals surface area contributed by atoms with Gasteiger partial charge >= 0.3 is 5.97 Å². The summed E-state index contributed by atoms with van der Waals surface area (Å²) in [6.45, 7) is 9.63. The van der Waals surface area contributed by atoms with Crippen molar-refractivity contribution >= 4 is 17.7 Å². The predicted molar refractivity (Wildman–Crippen MR) is 100 cm³/mol. The van der Waals surface area contributed by atoms with Crippen molar-refractivity contribution in [3.05, 3.63) is 22.5 Å². The molecule has 150 valence electrons. The molecular formula is C19H29N3O5. The molecule has 1 N–H and O–H groups in total. The van der Waals surface area contributed by atoms with Crippen molar-refractivity contribution in [2.24, 2.45) is 0 Å². The van der Waals surface area contributed by atoms with Crippen molar-refractivity contribution in [2.75, 3.05) is 46.5 Å². The number of aryl methyl sites for hydroxylation is 1. The lowest BCUT2D eigenvalue weighted by molar-refractivity contribution is -0.136. The number of Topliss-reactive ketones (excluding diaryl/α,β-unsaturated/α-hetero) is 1. The van der Waals surface area contributed by atoms with Gasteiger partial charge in [0.2, 0.25) is 5.91 Å². The highest BCUT2D eigenvalue weighted by Gasteiger charge is 2.29. The van der Waals surface area contributed by atoms with Crippen LogP contribution in [-0.2, 0) is 14.3 Å². The number of nitrogens with one attached hydrogen (secondary N) is 1. The molecule has 1 atom stereocenters. The van der Waals surface area contributed by atoms with Gasteiger partial charge in [0.05, 0.1) is 43.7 Å². The van der Waals surface area contributed by atoms with E-state index in [9.17, 15) is 14.4 Å². The van der Waals surface area contributed by atoms with E-state index >= 15 is 0 Å². The van der Waals surface area contributed by atoms with E-state index in [2.05, 4.69) is 4.98 Å². The number of morpholine rings is 1. The lowest BCUT2D eigenvalue weighted by atomic mass is 10.0. The smallest absolute Gasteiger partial charge is 0.340 e. The van der Waals surface area contributed by atoms with Gasteiger partial charge in [-0.05, 0) is 40.3 Å². The normalized spacial score (nSPS) is 15.7. The number of aromatic amines is 1. The van der Waals surface area contributed by atoms with Gasteiger partial charge in [-0.3, -0.25) is 14.5 Å². The maximum absolute atomic E-state index is 12.9. The Balaban J connectivity index is 2.08. The van der Waals surface area contributed by atoms with Crippen LogP contribution in [0.3, 0.4) is 0 Å². The van der Waals surface area contributed by atoms with Crippen molar-refractivity contribution in [3.63, 3.8) is 0 Å². The van der Waals surface area contributed by atoms with Crippen LogP contribution < -0.4 is 0 Å². The minimum atomic E-state index is -0.512. The molecule has 2 rings (SSSR count). The van der Waals surface area contributed by atoms with E-state index in [4.69, 9.17) is 9.47 Å². The maximum atomic E-state index is 12.9. The van der Waals surface area contributed by atoms with Crippen LogP contribution in [-0.4, -0.2) is 85.0 Å². The topological polar surface area (TPSA) is 91.9 Å². The molecule has 2 heterocycles. The first-order chi connectivity index (χ1) is 12.8. The van der Waals surface area contributed by atoms with Crippen molar-refractivity contribution in [1.29, 1.82) is 0 Å². The molecule has 0 radical (unpaired) electrons. The highest BCUT2D eigenvalue weighted by atomic mass is 16.5. The number of hydrogen-bond donors (Lipinski definition) is 1. The Hall–Kier alpha value is -2.19. The molecule has 8 heteroatoms. The number of H-pyrrole nitrogens is 1. The third kappa shape index (κ3) is 4.75. The van der Waals surface area contributed by atoms with E-state index in [1.807, 2.05) is 0 Å². The van der Waals surface area contributed by atoms with E-state index in [0.717, 1.165) is 0 Å². The molecule has 0 aromatic carbocycles. The molecule has 0 unspecified atom stereocenters. The Kier molecular flexibility index (Phi) is 7.15. The van der Waals surface area contributed by atoms with Crippen LogP contribution in [0.25, 0.3) is 0 Å². The molecule has 1 saturated heterocycles. The molecule has 1 amide bonds. The first-order valence-electron chi connectivity index (χ1n) is 9.24. The first kappa shape index (κ1) is 21.1.